The lowest BCUT2D eigenvalue weighted by Gasteiger charge is -2.06. The predicted molar refractivity (Wildman–Crippen MR) is 56.4 cm³/mol. The van der Waals surface area contributed by atoms with Crippen LogP contribution >= 0.6 is 31.9 Å². The van der Waals surface area contributed by atoms with E-state index in [0.29, 0.717) is 4.47 Å². The van der Waals surface area contributed by atoms with Crippen LogP contribution in [0, 0.1) is 5.82 Å². The van der Waals surface area contributed by atoms with Gasteiger partial charge in [-0.1, -0.05) is 22.0 Å². The minimum atomic E-state index is -0.357. The summed E-state index contributed by atoms with van der Waals surface area (Å²) in [6, 6.07) is 4.51. The van der Waals surface area contributed by atoms with Crippen molar-refractivity contribution in [1.29, 1.82) is 0 Å². The number of hydrogen-bond donors (Lipinski definition) is 0. The van der Waals surface area contributed by atoms with Crippen molar-refractivity contribution in [3.8, 4) is 0 Å². The second-order valence-electron chi connectivity index (χ2n) is 2.65. The maximum atomic E-state index is 12.8. The number of carbonyl (C=O) groups excluding carboxylic acids is 1. The van der Waals surface area contributed by atoms with E-state index in [1.807, 2.05) is 0 Å². The molecule has 0 saturated carbocycles. The van der Waals surface area contributed by atoms with Crippen molar-refractivity contribution in [2.45, 2.75) is 11.8 Å². The van der Waals surface area contributed by atoms with E-state index in [-0.39, 0.29) is 16.4 Å². The zero-order chi connectivity index (χ0) is 10.0. The van der Waals surface area contributed by atoms with E-state index < -0.39 is 0 Å². The molecule has 0 spiro atoms. The summed E-state index contributed by atoms with van der Waals surface area (Å²) in [6.45, 7) is 1.48. The van der Waals surface area contributed by atoms with Gasteiger partial charge in [0.25, 0.3) is 0 Å². The first kappa shape index (κ1) is 10.9. The zero-order valence-electron chi connectivity index (χ0n) is 6.85. The van der Waals surface area contributed by atoms with E-state index in [4.69, 9.17) is 0 Å². The molecule has 0 fully saturated rings. The van der Waals surface area contributed by atoms with Crippen LogP contribution in [-0.4, -0.2) is 5.78 Å². The Morgan fingerprint density at radius 2 is 2.15 bits per heavy atom. The lowest BCUT2D eigenvalue weighted by atomic mass is 10.1. The molecule has 0 amide bonds. The van der Waals surface area contributed by atoms with Gasteiger partial charge in [0.1, 0.15) is 11.6 Å². The summed E-state index contributed by atoms with van der Waals surface area (Å²) in [7, 11) is 0. The highest BCUT2D eigenvalue weighted by Crippen LogP contribution is 2.27. The van der Waals surface area contributed by atoms with Gasteiger partial charge in [-0.25, -0.2) is 4.39 Å². The topological polar surface area (TPSA) is 17.1 Å². The fourth-order valence-corrected chi connectivity index (χ4v) is 1.59. The average Bonchev–Trinajstić information content (AvgIpc) is 2.08. The van der Waals surface area contributed by atoms with Gasteiger partial charge in [-0.05, 0) is 40.5 Å². The van der Waals surface area contributed by atoms with Gasteiger partial charge >= 0.3 is 0 Å². The summed E-state index contributed by atoms with van der Waals surface area (Å²) >= 11 is 6.27. The number of carbonyl (C=O) groups is 1. The van der Waals surface area contributed by atoms with Crippen molar-refractivity contribution >= 4 is 37.6 Å². The van der Waals surface area contributed by atoms with Crippen LogP contribution in [0.15, 0.2) is 22.7 Å². The number of benzene rings is 1. The fourth-order valence-electron chi connectivity index (χ4n) is 0.905. The van der Waals surface area contributed by atoms with E-state index in [1.165, 1.54) is 13.0 Å². The Morgan fingerprint density at radius 1 is 1.54 bits per heavy atom. The number of hydrogen-bond acceptors (Lipinski definition) is 1. The summed E-state index contributed by atoms with van der Waals surface area (Å²) in [5.41, 5.74) is 0.751. The van der Waals surface area contributed by atoms with E-state index in [9.17, 15) is 9.18 Å². The molecule has 0 radical (unpaired) electrons. The zero-order valence-corrected chi connectivity index (χ0v) is 10.0. The smallest absolute Gasteiger partial charge is 0.147 e. The number of Topliss-reactive ketones (excluding diaryl/α,β-unsaturated/α-hetero) is 1. The van der Waals surface area contributed by atoms with E-state index in [1.54, 1.807) is 12.1 Å². The molecule has 0 heterocycles. The summed E-state index contributed by atoms with van der Waals surface area (Å²) < 4.78 is 13.2. The van der Waals surface area contributed by atoms with Crippen molar-refractivity contribution in [1.82, 2.24) is 0 Å². The van der Waals surface area contributed by atoms with Crippen molar-refractivity contribution in [3.05, 3.63) is 34.1 Å². The number of alkyl halides is 1. The molecule has 0 saturated heterocycles. The highest BCUT2D eigenvalue weighted by molar-refractivity contribution is 9.10. The van der Waals surface area contributed by atoms with Crippen molar-refractivity contribution < 1.29 is 9.18 Å². The molecule has 0 bridgehead atoms. The van der Waals surface area contributed by atoms with Crippen LogP contribution in [-0.2, 0) is 4.79 Å². The van der Waals surface area contributed by atoms with E-state index in [2.05, 4.69) is 31.9 Å². The maximum absolute atomic E-state index is 12.8. The monoisotopic (exact) mass is 308 g/mol. The molecule has 0 N–H and O–H groups in total. The number of rotatable bonds is 2. The average molecular weight is 310 g/mol. The highest BCUT2D eigenvalue weighted by atomic mass is 79.9. The Morgan fingerprint density at radius 3 is 2.62 bits per heavy atom. The van der Waals surface area contributed by atoms with Gasteiger partial charge in [0.05, 0.1) is 9.30 Å². The molecule has 70 valence electrons. The van der Waals surface area contributed by atoms with Crippen LogP contribution in [0.3, 0.4) is 0 Å². The Labute approximate surface area is 92.6 Å². The van der Waals surface area contributed by atoms with Gasteiger partial charge in [-0.2, -0.15) is 0 Å². The molecule has 1 nitrogen and oxygen atoms in total. The molecule has 1 rings (SSSR count). The third-order valence-corrected chi connectivity index (χ3v) is 3.37. The molecule has 0 aromatic heterocycles. The van der Waals surface area contributed by atoms with Crippen LogP contribution in [0.2, 0.25) is 0 Å². The largest absolute Gasteiger partial charge is 0.298 e. The van der Waals surface area contributed by atoms with Crippen molar-refractivity contribution in [2.24, 2.45) is 0 Å². The Hall–Kier alpha value is -0.220. The number of ketones is 1. The van der Waals surface area contributed by atoms with Gasteiger partial charge in [-0.3, -0.25) is 4.79 Å². The van der Waals surface area contributed by atoms with Gasteiger partial charge in [0, 0.05) is 0 Å². The lowest BCUT2D eigenvalue weighted by Crippen LogP contribution is -2.00. The molecule has 0 aliphatic carbocycles. The highest BCUT2D eigenvalue weighted by Gasteiger charge is 2.13. The molecule has 0 aliphatic rings. The Bertz CT molecular complexity index is 338. The lowest BCUT2D eigenvalue weighted by molar-refractivity contribution is -0.116. The van der Waals surface area contributed by atoms with Gasteiger partial charge in [0.2, 0.25) is 0 Å². The predicted octanol–water partition coefficient (Wildman–Crippen LogP) is 3.61. The van der Waals surface area contributed by atoms with Crippen LogP contribution in [0.4, 0.5) is 4.39 Å². The first-order chi connectivity index (χ1) is 6.02. The van der Waals surface area contributed by atoms with Crippen molar-refractivity contribution in [2.75, 3.05) is 0 Å². The summed E-state index contributed by atoms with van der Waals surface area (Å²) in [6.07, 6.45) is 0. The van der Waals surface area contributed by atoms with Gasteiger partial charge in [0.15, 0.2) is 0 Å². The third kappa shape index (κ3) is 2.61. The minimum absolute atomic E-state index is 0.00138. The van der Waals surface area contributed by atoms with Crippen molar-refractivity contribution in [3.63, 3.8) is 0 Å². The summed E-state index contributed by atoms with van der Waals surface area (Å²) in [5.74, 6) is -0.328. The van der Waals surface area contributed by atoms with E-state index in [0.717, 1.165) is 5.56 Å². The molecule has 1 aromatic rings. The van der Waals surface area contributed by atoms with Crippen LogP contribution in [0.5, 0.6) is 0 Å². The SMILES string of the molecule is CC(=O)C(Br)c1ccc(F)c(Br)c1. The van der Waals surface area contributed by atoms with E-state index >= 15 is 0 Å². The first-order valence-corrected chi connectivity index (χ1v) is 5.32. The number of halogens is 3. The molecule has 4 heteroatoms. The first-order valence-electron chi connectivity index (χ1n) is 3.62. The third-order valence-electron chi connectivity index (χ3n) is 1.59. The van der Waals surface area contributed by atoms with Crippen LogP contribution in [0.1, 0.15) is 17.3 Å². The summed E-state index contributed by atoms with van der Waals surface area (Å²) in [4.78, 5) is 10.6. The van der Waals surface area contributed by atoms with Gasteiger partial charge < -0.3 is 0 Å². The molecule has 1 aromatic carbocycles. The Balaban J connectivity index is 3.03. The molecular weight excluding hydrogens is 303 g/mol. The molecule has 1 unspecified atom stereocenters. The quantitative estimate of drug-likeness (QED) is 0.763. The molecule has 13 heavy (non-hydrogen) atoms. The molecular formula is C9H7Br2FO. The normalized spacial score (nSPS) is 12.6. The minimum Gasteiger partial charge on any atom is -0.298 e. The van der Waals surface area contributed by atoms with Crippen LogP contribution < -0.4 is 0 Å². The molecule has 0 aliphatic heterocycles. The standard InChI is InChI=1S/C9H7Br2FO/c1-5(13)9(11)6-2-3-8(12)7(10)4-6/h2-4,9H,1H3. The second kappa shape index (κ2) is 4.33. The fraction of sp³-hybridized carbons (Fsp3) is 0.222. The maximum Gasteiger partial charge on any atom is 0.147 e. The second-order valence-corrected chi connectivity index (χ2v) is 4.42. The van der Waals surface area contributed by atoms with Crippen LogP contribution in [0.25, 0.3) is 0 Å². The molecule has 1 atom stereocenters. The summed E-state index contributed by atoms with van der Waals surface area (Å²) in [5, 5.41) is 0. The van der Waals surface area contributed by atoms with Gasteiger partial charge in [-0.15, -0.1) is 0 Å². The Kier molecular flexibility index (Phi) is 3.62.